The topological polar surface area (TPSA) is 74.8 Å². The minimum atomic E-state index is -3.41. The molecule has 0 unspecified atom stereocenters. The molecule has 1 amide bonds. The fourth-order valence-electron chi connectivity index (χ4n) is 3.53. The lowest BCUT2D eigenvalue weighted by Gasteiger charge is -2.34. The first-order chi connectivity index (χ1) is 14.3. The van der Waals surface area contributed by atoms with Gasteiger partial charge in [0.15, 0.2) is 5.78 Å². The van der Waals surface area contributed by atoms with Gasteiger partial charge in [0.05, 0.1) is 5.75 Å². The molecule has 0 aliphatic carbocycles. The van der Waals surface area contributed by atoms with Crippen molar-refractivity contribution in [2.24, 2.45) is 0 Å². The number of hydrogen-bond acceptors (Lipinski definition) is 4. The van der Waals surface area contributed by atoms with Gasteiger partial charge in [-0.2, -0.15) is 4.31 Å². The Morgan fingerprint density at radius 1 is 0.867 bits per heavy atom. The van der Waals surface area contributed by atoms with E-state index in [4.69, 9.17) is 0 Å². The van der Waals surface area contributed by atoms with Crippen LogP contribution < -0.4 is 0 Å². The molecule has 7 heteroatoms. The molecule has 2 aromatic carbocycles. The van der Waals surface area contributed by atoms with Gasteiger partial charge in [-0.3, -0.25) is 9.59 Å². The number of benzene rings is 2. The lowest BCUT2D eigenvalue weighted by Crippen LogP contribution is -2.50. The van der Waals surface area contributed by atoms with Crippen LogP contribution in [0, 0.1) is 13.8 Å². The van der Waals surface area contributed by atoms with E-state index >= 15 is 0 Å². The smallest absolute Gasteiger partial charge is 0.223 e. The van der Waals surface area contributed by atoms with Crippen LogP contribution in [0.3, 0.4) is 0 Å². The van der Waals surface area contributed by atoms with E-state index < -0.39 is 10.0 Å². The standard InChI is InChI=1S/C23H28N2O4S/c1-18-8-9-21(16-19(18)2)22(26)10-11-23(27)24-12-14-25(15-13-24)30(28,29)17-20-6-4-3-5-7-20/h3-9,16H,10-15,17H2,1-2H3. The van der Waals surface area contributed by atoms with Crippen molar-refractivity contribution in [1.82, 2.24) is 9.21 Å². The second-order valence-corrected chi connectivity index (χ2v) is 9.71. The van der Waals surface area contributed by atoms with Crippen LogP contribution in [0.2, 0.25) is 0 Å². The molecule has 0 bridgehead atoms. The molecule has 1 heterocycles. The van der Waals surface area contributed by atoms with Gasteiger partial charge in [0.2, 0.25) is 15.9 Å². The van der Waals surface area contributed by atoms with Crippen molar-refractivity contribution in [3.8, 4) is 0 Å². The van der Waals surface area contributed by atoms with Crippen LogP contribution in [0.1, 0.15) is 39.9 Å². The Kier molecular flexibility index (Phi) is 7.05. The van der Waals surface area contributed by atoms with Gasteiger partial charge in [-0.1, -0.05) is 42.5 Å². The molecule has 0 spiro atoms. The van der Waals surface area contributed by atoms with Gasteiger partial charge < -0.3 is 4.90 Å². The molecule has 0 atom stereocenters. The Morgan fingerprint density at radius 2 is 1.53 bits per heavy atom. The third-order valence-corrected chi connectivity index (χ3v) is 7.42. The highest BCUT2D eigenvalue weighted by molar-refractivity contribution is 7.88. The van der Waals surface area contributed by atoms with Crippen LogP contribution >= 0.6 is 0 Å². The number of carbonyl (C=O) groups excluding carboxylic acids is 2. The fraction of sp³-hybridized carbons (Fsp3) is 0.391. The monoisotopic (exact) mass is 428 g/mol. The second kappa shape index (κ2) is 9.53. The van der Waals surface area contributed by atoms with Crippen LogP contribution in [0.5, 0.6) is 0 Å². The molecule has 160 valence electrons. The molecule has 6 nitrogen and oxygen atoms in total. The predicted molar refractivity (Wildman–Crippen MR) is 117 cm³/mol. The van der Waals surface area contributed by atoms with Crippen molar-refractivity contribution in [2.45, 2.75) is 32.4 Å². The third-order valence-electron chi connectivity index (χ3n) is 5.57. The molecule has 1 fully saturated rings. The van der Waals surface area contributed by atoms with Gasteiger partial charge in [-0.05, 0) is 36.6 Å². The first-order valence-electron chi connectivity index (χ1n) is 10.2. The summed E-state index contributed by atoms with van der Waals surface area (Å²) in [5, 5.41) is 0. The minimum absolute atomic E-state index is 0.0355. The largest absolute Gasteiger partial charge is 0.340 e. The van der Waals surface area contributed by atoms with Crippen molar-refractivity contribution >= 4 is 21.7 Å². The number of piperazine rings is 1. The number of hydrogen-bond donors (Lipinski definition) is 0. The highest BCUT2D eigenvalue weighted by Gasteiger charge is 2.29. The summed E-state index contributed by atoms with van der Waals surface area (Å²) in [4.78, 5) is 26.6. The van der Waals surface area contributed by atoms with Gasteiger partial charge in [0.25, 0.3) is 0 Å². The summed E-state index contributed by atoms with van der Waals surface area (Å²) in [5.74, 6) is -0.186. The lowest BCUT2D eigenvalue weighted by molar-refractivity contribution is -0.132. The van der Waals surface area contributed by atoms with Crippen molar-refractivity contribution in [2.75, 3.05) is 26.2 Å². The molecule has 30 heavy (non-hydrogen) atoms. The highest BCUT2D eigenvalue weighted by atomic mass is 32.2. The average molecular weight is 429 g/mol. The molecule has 1 aliphatic rings. The van der Waals surface area contributed by atoms with Crippen LogP contribution in [0.4, 0.5) is 0 Å². The van der Waals surface area contributed by atoms with E-state index in [0.717, 1.165) is 16.7 Å². The zero-order valence-corrected chi connectivity index (χ0v) is 18.3. The maximum Gasteiger partial charge on any atom is 0.223 e. The van der Waals surface area contributed by atoms with Gasteiger partial charge in [-0.15, -0.1) is 0 Å². The third kappa shape index (κ3) is 5.55. The predicted octanol–water partition coefficient (Wildman–Crippen LogP) is 2.94. The normalized spacial score (nSPS) is 15.2. The number of aryl methyl sites for hydroxylation is 2. The zero-order valence-electron chi connectivity index (χ0n) is 17.5. The molecule has 0 N–H and O–H groups in total. The molecule has 0 aromatic heterocycles. The van der Waals surface area contributed by atoms with E-state index in [1.165, 1.54) is 4.31 Å². The van der Waals surface area contributed by atoms with Crippen LogP contribution in [-0.2, 0) is 20.6 Å². The van der Waals surface area contributed by atoms with E-state index in [1.807, 2.05) is 44.2 Å². The molecule has 1 aliphatic heterocycles. The van der Waals surface area contributed by atoms with Crippen LogP contribution in [0.25, 0.3) is 0 Å². The van der Waals surface area contributed by atoms with Gasteiger partial charge in [0, 0.05) is 44.6 Å². The molecule has 0 radical (unpaired) electrons. The quantitative estimate of drug-likeness (QED) is 0.636. The summed E-state index contributed by atoms with van der Waals surface area (Å²) < 4.78 is 26.7. The van der Waals surface area contributed by atoms with Gasteiger partial charge in [-0.25, -0.2) is 8.42 Å². The Balaban J connectivity index is 1.49. The Hall–Kier alpha value is -2.51. The summed E-state index contributed by atoms with van der Waals surface area (Å²) in [5.41, 5.74) is 3.56. The maximum absolute atomic E-state index is 12.6. The highest BCUT2D eigenvalue weighted by Crippen LogP contribution is 2.16. The first kappa shape index (κ1) is 22.2. The van der Waals surface area contributed by atoms with E-state index in [2.05, 4.69) is 0 Å². The van der Waals surface area contributed by atoms with E-state index in [0.29, 0.717) is 18.7 Å². The molecule has 1 saturated heterocycles. The Morgan fingerprint density at radius 3 is 2.17 bits per heavy atom. The van der Waals surface area contributed by atoms with E-state index in [-0.39, 0.29) is 43.4 Å². The summed E-state index contributed by atoms with van der Waals surface area (Å²) in [6, 6.07) is 14.7. The van der Waals surface area contributed by atoms with Gasteiger partial charge >= 0.3 is 0 Å². The molecule has 0 saturated carbocycles. The number of amides is 1. The van der Waals surface area contributed by atoms with Crippen LogP contribution in [0.15, 0.2) is 48.5 Å². The van der Waals surface area contributed by atoms with E-state index in [1.54, 1.807) is 23.1 Å². The summed E-state index contributed by atoms with van der Waals surface area (Å²) >= 11 is 0. The van der Waals surface area contributed by atoms with Crippen molar-refractivity contribution in [3.63, 3.8) is 0 Å². The van der Waals surface area contributed by atoms with Crippen molar-refractivity contribution in [3.05, 3.63) is 70.8 Å². The van der Waals surface area contributed by atoms with Crippen molar-refractivity contribution < 1.29 is 18.0 Å². The summed E-state index contributed by atoms with van der Waals surface area (Å²) in [6.45, 7) is 5.22. The second-order valence-electron chi connectivity index (χ2n) is 7.74. The minimum Gasteiger partial charge on any atom is -0.340 e. The number of nitrogens with zero attached hydrogens (tertiary/aromatic N) is 2. The van der Waals surface area contributed by atoms with E-state index in [9.17, 15) is 18.0 Å². The first-order valence-corrected chi connectivity index (χ1v) is 11.8. The number of ketones is 1. The van der Waals surface area contributed by atoms with Crippen molar-refractivity contribution in [1.29, 1.82) is 0 Å². The average Bonchev–Trinajstić information content (AvgIpc) is 2.74. The van der Waals surface area contributed by atoms with Gasteiger partial charge in [0.1, 0.15) is 0 Å². The lowest BCUT2D eigenvalue weighted by atomic mass is 10.0. The summed E-state index contributed by atoms with van der Waals surface area (Å²) in [7, 11) is -3.41. The maximum atomic E-state index is 12.6. The Bertz CT molecular complexity index is 1010. The molecule has 3 rings (SSSR count). The summed E-state index contributed by atoms with van der Waals surface area (Å²) in [6.07, 6.45) is 0.302. The number of sulfonamides is 1. The Labute approximate surface area is 178 Å². The van der Waals surface area contributed by atoms with Crippen LogP contribution in [-0.4, -0.2) is 55.5 Å². The number of carbonyl (C=O) groups is 2. The fourth-order valence-corrected chi connectivity index (χ4v) is 5.05. The number of Topliss-reactive ketones (excluding diaryl/α,β-unsaturated/α-hetero) is 1. The SMILES string of the molecule is Cc1ccc(C(=O)CCC(=O)N2CCN(S(=O)(=O)Cc3ccccc3)CC2)cc1C. The molecule has 2 aromatic rings. The number of rotatable bonds is 7. The molecular formula is C23H28N2O4S. The molecular weight excluding hydrogens is 400 g/mol. The zero-order chi connectivity index (χ0) is 21.7.